The lowest BCUT2D eigenvalue weighted by Gasteiger charge is -2.25. The summed E-state index contributed by atoms with van der Waals surface area (Å²) in [6, 6.07) is 11.1. The van der Waals surface area contributed by atoms with Crippen molar-refractivity contribution in [2.45, 2.75) is 11.0 Å². The van der Waals surface area contributed by atoms with Crippen molar-refractivity contribution in [1.82, 2.24) is 10.3 Å². The lowest BCUT2D eigenvalue weighted by atomic mass is 10.2. The molecular weight excluding hydrogens is 428 g/mol. The van der Waals surface area contributed by atoms with Gasteiger partial charge in [-0.05, 0) is 46.3 Å². The highest BCUT2D eigenvalue weighted by molar-refractivity contribution is 9.10. The van der Waals surface area contributed by atoms with Gasteiger partial charge in [-0.2, -0.15) is 0 Å². The molecule has 1 atom stereocenters. The molecule has 1 amide bonds. The third-order valence-corrected chi connectivity index (χ3v) is 5.41. The zero-order valence-electron chi connectivity index (χ0n) is 13.6. The van der Waals surface area contributed by atoms with Crippen molar-refractivity contribution >= 4 is 31.9 Å². The average Bonchev–Trinajstić information content (AvgIpc) is 2.65. The molecule has 2 aromatic carbocycles. The van der Waals surface area contributed by atoms with Gasteiger partial charge in [-0.1, -0.05) is 12.1 Å². The molecular formula is C16H15BrN2O6S. The first-order valence-corrected chi connectivity index (χ1v) is 9.72. The molecule has 0 fully saturated rings. The molecule has 0 aliphatic carbocycles. The Kier molecular flexibility index (Phi) is 5.35. The van der Waals surface area contributed by atoms with Crippen LogP contribution >= 0.6 is 15.9 Å². The van der Waals surface area contributed by atoms with Crippen molar-refractivity contribution in [3.63, 3.8) is 0 Å². The normalized spacial score (nSPS) is 16.0. The van der Waals surface area contributed by atoms with Gasteiger partial charge in [0.15, 0.2) is 11.5 Å². The fourth-order valence-electron chi connectivity index (χ4n) is 2.22. The number of amides is 1. The highest BCUT2D eigenvalue weighted by Crippen LogP contribution is 2.31. The van der Waals surface area contributed by atoms with Crippen LogP contribution in [0, 0.1) is 0 Å². The molecule has 2 N–H and O–H groups in total. The van der Waals surface area contributed by atoms with E-state index in [1.54, 1.807) is 24.3 Å². The van der Waals surface area contributed by atoms with E-state index in [1.165, 1.54) is 25.3 Å². The molecule has 0 bridgehead atoms. The van der Waals surface area contributed by atoms with Crippen LogP contribution in [0.15, 0.2) is 51.8 Å². The maximum absolute atomic E-state index is 12.3. The van der Waals surface area contributed by atoms with E-state index in [0.29, 0.717) is 21.7 Å². The fourth-order valence-corrected chi connectivity index (χ4v) is 3.79. The number of carbonyl (C=O) groups is 1. The SMILES string of the molecule is COc1ccc(S(=O)(=O)NNC(=O)[C@@H]2COc3ccccc3O2)cc1Br. The molecule has 0 saturated heterocycles. The van der Waals surface area contributed by atoms with Gasteiger partial charge in [0.25, 0.3) is 15.9 Å². The number of hydrazine groups is 1. The van der Waals surface area contributed by atoms with Gasteiger partial charge >= 0.3 is 0 Å². The van der Waals surface area contributed by atoms with Gasteiger partial charge in [-0.15, -0.1) is 4.83 Å². The Balaban J connectivity index is 1.65. The zero-order valence-corrected chi connectivity index (χ0v) is 16.0. The molecule has 2 aromatic rings. The van der Waals surface area contributed by atoms with Crippen molar-refractivity contribution in [3.8, 4) is 17.2 Å². The number of benzene rings is 2. The van der Waals surface area contributed by atoms with E-state index in [1.807, 2.05) is 4.83 Å². The number of methoxy groups -OCH3 is 1. The number of carbonyl (C=O) groups excluding carboxylic acids is 1. The van der Waals surface area contributed by atoms with Crippen molar-refractivity contribution in [2.24, 2.45) is 0 Å². The highest BCUT2D eigenvalue weighted by Gasteiger charge is 2.28. The molecule has 0 spiro atoms. The summed E-state index contributed by atoms with van der Waals surface area (Å²) >= 11 is 3.22. The predicted octanol–water partition coefficient (Wildman–Crippen LogP) is 1.61. The molecule has 1 aliphatic heterocycles. The van der Waals surface area contributed by atoms with Crippen LogP contribution in [0.1, 0.15) is 0 Å². The second kappa shape index (κ2) is 7.52. The Bertz CT molecular complexity index is 934. The first-order valence-electron chi connectivity index (χ1n) is 7.44. The summed E-state index contributed by atoms with van der Waals surface area (Å²) in [6.07, 6.45) is -0.977. The minimum atomic E-state index is -3.97. The minimum Gasteiger partial charge on any atom is -0.496 e. The molecule has 0 saturated carbocycles. The monoisotopic (exact) mass is 442 g/mol. The van der Waals surface area contributed by atoms with Gasteiger partial charge in [-0.3, -0.25) is 10.2 Å². The van der Waals surface area contributed by atoms with Crippen molar-refractivity contribution in [2.75, 3.05) is 13.7 Å². The molecule has 0 aromatic heterocycles. The zero-order chi connectivity index (χ0) is 18.7. The van der Waals surface area contributed by atoms with E-state index >= 15 is 0 Å². The minimum absolute atomic E-state index is 0.0291. The predicted molar refractivity (Wildman–Crippen MR) is 95.5 cm³/mol. The van der Waals surface area contributed by atoms with Crippen LogP contribution in [-0.4, -0.2) is 34.1 Å². The van der Waals surface area contributed by atoms with Gasteiger partial charge in [0.2, 0.25) is 6.10 Å². The number of rotatable bonds is 5. The number of para-hydroxylation sites is 2. The maximum Gasteiger partial charge on any atom is 0.279 e. The summed E-state index contributed by atoms with van der Waals surface area (Å²) in [7, 11) is -2.50. The summed E-state index contributed by atoms with van der Waals surface area (Å²) in [4.78, 5) is 14.2. The van der Waals surface area contributed by atoms with Gasteiger partial charge in [0.1, 0.15) is 12.4 Å². The van der Waals surface area contributed by atoms with Crippen LogP contribution in [0.5, 0.6) is 17.2 Å². The number of nitrogens with one attached hydrogen (secondary N) is 2. The van der Waals surface area contributed by atoms with E-state index in [0.717, 1.165) is 0 Å². The summed E-state index contributed by atoms with van der Waals surface area (Å²) < 4.78 is 41.1. The van der Waals surface area contributed by atoms with Gasteiger partial charge in [0.05, 0.1) is 16.5 Å². The Labute approximate surface area is 158 Å². The third kappa shape index (κ3) is 3.92. The number of fused-ring (bicyclic) bond motifs is 1. The third-order valence-electron chi connectivity index (χ3n) is 3.54. The van der Waals surface area contributed by atoms with Crippen LogP contribution < -0.4 is 24.5 Å². The van der Waals surface area contributed by atoms with E-state index in [4.69, 9.17) is 14.2 Å². The van der Waals surface area contributed by atoms with Gasteiger partial charge in [-0.25, -0.2) is 8.42 Å². The van der Waals surface area contributed by atoms with E-state index < -0.39 is 22.0 Å². The van der Waals surface area contributed by atoms with Crippen LogP contribution in [0.3, 0.4) is 0 Å². The summed E-state index contributed by atoms with van der Waals surface area (Å²) in [5.74, 6) is 0.760. The van der Waals surface area contributed by atoms with Crippen molar-refractivity contribution < 1.29 is 27.4 Å². The quantitative estimate of drug-likeness (QED) is 0.681. The Morgan fingerprint density at radius 2 is 1.96 bits per heavy atom. The molecule has 0 unspecified atom stereocenters. The first-order chi connectivity index (χ1) is 12.4. The van der Waals surface area contributed by atoms with E-state index in [9.17, 15) is 13.2 Å². The number of sulfonamides is 1. The maximum atomic E-state index is 12.3. The number of ether oxygens (including phenoxy) is 3. The topological polar surface area (TPSA) is 103 Å². The number of hydrogen-bond donors (Lipinski definition) is 2. The second-order valence-corrected chi connectivity index (χ2v) is 7.79. The van der Waals surface area contributed by atoms with Crippen LogP contribution in [-0.2, 0) is 14.8 Å². The van der Waals surface area contributed by atoms with Crippen molar-refractivity contribution in [3.05, 3.63) is 46.9 Å². The van der Waals surface area contributed by atoms with Crippen LogP contribution in [0.4, 0.5) is 0 Å². The molecule has 0 radical (unpaired) electrons. The van der Waals surface area contributed by atoms with E-state index in [2.05, 4.69) is 21.4 Å². The molecule has 1 heterocycles. The largest absolute Gasteiger partial charge is 0.496 e. The molecule has 8 nitrogen and oxygen atoms in total. The smallest absolute Gasteiger partial charge is 0.279 e. The average molecular weight is 443 g/mol. The standard InChI is InChI=1S/C16H15BrN2O6S/c1-23-12-7-6-10(8-11(12)17)26(21,22)19-18-16(20)15-9-24-13-4-2-3-5-14(13)25-15/h2-8,15,19H,9H2,1H3,(H,18,20)/t15-/m0/s1. The lowest BCUT2D eigenvalue weighted by Crippen LogP contribution is -2.50. The first kappa shape index (κ1) is 18.5. The lowest BCUT2D eigenvalue weighted by molar-refractivity contribution is -0.130. The van der Waals surface area contributed by atoms with Gasteiger partial charge < -0.3 is 14.2 Å². The molecule has 3 rings (SSSR count). The summed E-state index contributed by atoms with van der Waals surface area (Å²) in [5.41, 5.74) is 2.14. The fraction of sp³-hybridized carbons (Fsp3) is 0.188. The second-order valence-electron chi connectivity index (χ2n) is 5.26. The summed E-state index contributed by atoms with van der Waals surface area (Å²) in [5, 5.41) is 0. The van der Waals surface area contributed by atoms with Crippen LogP contribution in [0.25, 0.3) is 0 Å². The molecule has 10 heteroatoms. The number of hydrogen-bond acceptors (Lipinski definition) is 6. The molecule has 26 heavy (non-hydrogen) atoms. The Morgan fingerprint density at radius 3 is 2.65 bits per heavy atom. The number of halogens is 1. The Hall–Kier alpha value is -2.30. The van der Waals surface area contributed by atoms with Crippen LogP contribution in [0.2, 0.25) is 0 Å². The highest BCUT2D eigenvalue weighted by atomic mass is 79.9. The van der Waals surface area contributed by atoms with E-state index in [-0.39, 0.29) is 11.5 Å². The summed E-state index contributed by atoms with van der Waals surface area (Å²) in [6.45, 7) is -0.0291. The van der Waals surface area contributed by atoms with Gasteiger partial charge in [0, 0.05) is 0 Å². The molecule has 1 aliphatic rings. The molecule has 138 valence electrons. The van der Waals surface area contributed by atoms with Crippen molar-refractivity contribution in [1.29, 1.82) is 0 Å². The Morgan fingerprint density at radius 1 is 1.23 bits per heavy atom.